The van der Waals surface area contributed by atoms with E-state index >= 15 is 0 Å². The van der Waals surface area contributed by atoms with Crippen LogP contribution in [0.25, 0.3) is 11.1 Å². The number of rotatable bonds is 7. The van der Waals surface area contributed by atoms with Gasteiger partial charge in [-0.3, -0.25) is 9.48 Å². The second kappa shape index (κ2) is 13.1. The number of ether oxygens (including phenoxy) is 2. The van der Waals surface area contributed by atoms with Crippen molar-refractivity contribution >= 4 is 23.8 Å². The van der Waals surface area contributed by atoms with Gasteiger partial charge in [-0.1, -0.05) is 6.07 Å². The third-order valence-corrected chi connectivity index (χ3v) is 7.57. The first kappa shape index (κ1) is 31.3. The zero-order valence-corrected chi connectivity index (χ0v) is 26.0. The van der Waals surface area contributed by atoms with Crippen molar-refractivity contribution in [1.82, 2.24) is 25.3 Å². The maximum atomic E-state index is 12.5. The van der Waals surface area contributed by atoms with Gasteiger partial charge in [0.25, 0.3) is 0 Å². The molecule has 11 nitrogen and oxygen atoms in total. The van der Waals surface area contributed by atoms with Crippen LogP contribution in [0.3, 0.4) is 0 Å². The Bertz CT molecular complexity index is 1260. The molecule has 0 spiro atoms. The fraction of sp³-hybridized carbons (Fsp3) is 0.613. The van der Waals surface area contributed by atoms with Crippen molar-refractivity contribution in [3.8, 4) is 11.1 Å². The molecule has 2 N–H and O–H groups in total. The van der Waals surface area contributed by atoms with Crippen molar-refractivity contribution in [2.75, 3.05) is 24.5 Å². The van der Waals surface area contributed by atoms with Crippen molar-refractivity contribution in [2.45, 2.75) is 104 Å². The van der Waals surface area contributed by atoms with Crippen molar-refractivity contribution < 1.29 is 23.9 Å². The maximum Gasteiger partial charge on any atom is 0.407 e. The smallest absolute Gasteiger partial charge is 0.407 e. The van der Waals surface area contributed by atoms with Gasteiger partial charge in [0, 0.05) is 56.1 Å². The molecule has 11 heteroatoms. The summed E-state index contributed by atoms with van der Waals surface area (Å²) in [5, 5.41) is 10.6. The van der Waals surface area contributed by atoms with Crippen molar-refractivity contribution in [3.05, 3.63) is 36.2 Å². The maximum absolute atomic E-state index is 12.5. The number of piperidine rings is 1. The van der Waals surface area contributed by atoms with Gasteiger partial charge >= 0.3 is 12.2 Å². The summed E-state index contributed by atoms with van der Waals surface area (Å²) in [5.41, 5.74) is 3.12. The first-order valence-electron chi connectivity index (χ1n) is 14.9. The lowest BCUT2D eigenvalue weighted by atomic mass is 9.89. The fourth-order valence-corrected chi connectivity index (χ4v) is 5.70. The first-order chi connectivity index (χ1) is 19.8. The minimum atomic E-state index is -0.500. The number of hydrogen-bond donors (Lipinski definition) is 2. The van der Waals surface area contributed by atoms with Crippen LogP contribution in [0.15, 0.2) is 30.6 Å². The number of nitrogens with one attached hydrogen (secondary N) is 2. The summed E-state index contributed by atoms with van der Waals surface area (Å²) in [4.78, 5) is 41.2. The quantitative estimate of drug-likeness (QED) is 0.479. The van der Waals surface area contributed by atoms with Gasteiger partial charge in [0.15, 0.2) is 0 Å². The summed E-state index contributed by atoms with van der Waals surface area (Å²) < 4.78 is 12.7. The number of amides is 3. The Balaban J connectivity index is 1.38. The molecule has 1 aromatic heterocycles. The minimum Gasteiger partial charge on any atom is -0.447 e. The number of carbonyl (C=O) groups excluding carboxylic acids is 3. The number of alkyl carbamates (subject to hydrolysis) is 2. The van der Waals surface area contributed by atoms with Gasteiger partial charge in [0.2, 0.25) is 5.91 Å². The molecular weight excluding hydrogens is 536 g/mol. The number of fused-ring (bicyclic) bond motifs is 1. The highest BCUT2D eigenvalue weighted by Gasteiger charge is 2.34. The largest absolute Gasteiger partial charge is 0.447 e. The molecule has 2 aromatic rings. The molecule has 0 saturated carbocycles. The standard InChI is InChI=1S/C31H46N6O5/c1-20(2)41-29(39)34-27-16-21(3)37(22(4)38)28-9-8-23(17-26(27)28)24-18-32-36(19-24)15-14-35-12-10-25(11-13-35)33-30(40)42-31(5,6)7/h8-9,17-21,25,27H,10-16H2,1-7H3,(H,33,40)(H,34,39). The van der Waals surface area contributed by atoms with E-state index < -0.39 is 11.7 Å². The molecule has 2 aliphatic rings. The van der Waals surface area contributed by atoms with Gasteiger partial charge in [-0.15, -0.1) is 0 Å². The molecule has 1 saturated heterocycles. The average Bonchev–Trinajstić information content (AvgIpc) is 3.35. The Morgan fingerprint density at radius 3 is 2.40 bits per heavy atom. The number of likely N-dealkylation sites (tertiary alicyclic amines) is 1. The lowest BCUT2D eigenvalue weighted by molar-refractivity contribution is -0.117. The molecule has 1 fully saturated rings. The van der Waals surface area contributed by atoms with Crippen LogP contribution < -0.4 is 15.5 Å². The summed E-state index contributed by atoms with van der Waals surface area (Å²) in [6, 6.07) is 5.79. The Morgan fingerprint density at radius 1 is 1.05 bits per heavy atom. The topological polar surface area (TPSA) is 118 Å². The van der Waals surface area contributed by atoms with Crippen molar-refractivity contribution in [2.24, 2.45) is 0 Å². The lowest BCUT2D eigenvalue weighted by Gasteiger charge is -2.39. The van der Waals surface area contributed by atoms with Gasteiger partial charge < -0.3 is 29.9 Å². The van der Waals surface area contributed by atoms with Gasteiger partial charge in [0.1, 0.15) is 5.60 Å². The highest BCUT2D eigenvalue weighted by atomic mass is 16.6. The molecular formula is C31H46N6O5. The number of benzene rings is 1. The molecule has 2 atom stereocenters. The number of anilines is 1. The zero-order valence-electron chi connectivity index (χ0n) is 26.0. The van der Waals surface area contributed by atoms with Crippen molar-refractivity contribution in [3.63, 3.8) is 0 Å². The SMILES string of the molecule is CC(=O)N1c2ccc(-c3cnn(CCN4CCC(NC(=O)OC(C)(C)C)CC4)c3)cc2C(NC(=O)OC(C)C)CC1C. The average molecular weight is 583 g/mol. The van der Waals surface area contributed by atoms with E-state index in [-0.39, 0.29) is 36.2 Å². The van der Waals surface area contributed by atoms with Crippen LogP contribution in [0.5, 0.6) is 0 Å². The Morgan fingerprint density at radius 2 is 1.76 bits per heavy atom. The molecule has 230 valence electrons. The summed E-state index contributed by atoms with van der Waals surface area (Å²) in [6.45, 7) is 16.2. The summed E-state index contributed by atoms with van der Waals surface area (Å²) in [6.07, 6.45) is 5.19. The number of aromatic nitrogens is 2. The summed E-state index contributed by atoms with van der Waals surface area (Å²) >= 11 is 0. The van der Waals surface area contributed by atoms with Crippen LogP contribution >= 0.6 is 0 Å². The molecule has 2 aliphatic heterocycles. The van der Waals surface area contributed by atoms with Crippen LogP contribution in [0.4, 0.5) is 15.3 Å². The second-order valence-corrected chi connectivity index (χ2v) is 12.7. The highest BCUT2D eigenvalue weighted by Crippen LogP contribution is 2.39. The molecule has 4 rings (SSSR count). The second-order valence-electron chi connectivity index (χ2n) is 12.7. The third-order valence-electron chi connectivity index (χ3n) is 7.57. The van der Waals surface area contributed by atoms with Gasteiger partial charge in [-0.2, -0.15) is 5.10 Å². The van der Waals surface area contributed by atoms with E-state index in [9.17, 15) is 14.4 Å². The fourth-order valence-electron chi connectivity index (χ4n) is 5.70. The van der Waals surface area contributed by atoms with E-state index in [0.717, 1.165) is 61.4 Å². The zero-order chi connectivity index (χ0) is 30.6. The van der Waals surface area contributed by atoms with Gasteiger partial charge in [0.05, 0.1) is 24.9 Å². The lowest BCUT2D eigenvalue weighted by Crippen LogP contribution is -2.46. The Labute approximate surface area is 248 Å². The van der Waals surface area contributed by atoms with E-state index in [1.165, 1.54) is 0 Å². The monoisotopic (exact) mass is 582 g/mol. The predicted octanol–water partition coefficient (Wildman–Crippen LogP) is 4.86. The first-order valence-corrected chi connectivity index (χ1v) is 14.9. The Kier molecular flexibility index (Phi) is 9.81. The van der Waals surface area contributed by atoms with Gasteiger partial charge in [-0.05, 0) is 84.1 Å². The van der Waals surface area contributed by atoms with Crippen LogP contribution in [0.1, 0.15) is 79.3 Å². The molecule has 0 aliphatic carbocycles. The number of nitrogens with zero attached hydrogens (tertiary/aromatic N) is 4. The summed E-state index contributed by atoms with van der Waals surface area (Å²) in [5.74, 6) is -0.0304. The van der Waals surface area contributed by atoms with Crippen LogP contribution in [-0.2, 0) is 20.8 Å². The highest BCUT2D eigenvalue weighted by molar-refractivity contribution is 5.94. The molecule has 3 amide bonds. The van der Waals surface area contributed by atoms with E-state index in [2.05, 4.69) is 20.6 Å². The molecule has 1 aromatic carbocycles. The predicted molar refractivity (Wildman–Crippen MR) is 161 cm³/mol. The van der Waals surface area contributed by atoms with Crippen LogP contribution in [0.2, 0.25) is 0 Å². The van der Waals surface area contributed by atoms with Crippen molar-refractivity contribution in [1.29, 1.82) is 0 Å². The number of hydrogen-bond acceptors (Lipinski definition) is 7. The molecule has 0 bridgehead atoms. The van der Waals surface area contributed by atoms with Crippen LogP contribution in [-0.4, -0.2) is 76.2 Å². The van der Waals surface area contributed by atoms with E-state index in [4.69, 9.17) is 9.47 Å². The number of carbonyl (C=O) groups is 3. The normalized spacial score (nSPS) is 19.8. The molecule has 42 heavy (non-hydrogen) atoms. The molecule has 2 unspecified atom stereocenters. The van der Waals surface area contributed by atoms with E-state index in [0.29, 0.717) is 6.42 Å². The van der Waals surface area contributed by atoms with Crippen LogP contribution in [0, 0.1) is 0 Å². The molecule has 0 radical (unpaired) electrons. The van der Waals surface area contributed by atoms with E-state index in [1.807, 2.05) is 76.8 Å². The van der Waals surface area contributed by atoms with Gasteiger partial charge in [-0.25, -0.2) is 9.59 Å². The summed E-state index contributed by atoms with van der Waals surface area (Å²) in [7, 11) is 0. The Hall–Kier alpha value is -3.60. The van der Waals surface area contributed by atoms with E-state index in [1.54, 1.807) is 11.8 Å². The third kappa shape index (κ3) is 8.24. The minimum absolute atomic E-state index is 0.0304. The molecule has 3 heterocycles.